The molecule has 0 fully saturated rings. The van der Waals surface area contributed by atoms with Crippen molar-refractivity contribution >= 4 is 17.0 Å². The van der Waals surface area contributed by atoms with Gasteiger partial charge in [-0.25, -0.2) is 4.98 Å². The number of aromatic nitrogens is 2. The fraction of sp³-hybridized carbons (Fsp3) is 0.462. The lowest BCUT2D eigenvalue weighted by Gasteiger charge is -2.10. The molecule has 0 spiro atoms. The van der Waals surface area contributed by atoms with Gasteiger partial charge in [-0.2, -0.15) is 0 Å². The molecular weight excluding hydrogens is 214 g/mol. The average Bonchev–Trinajstić information content (AvgIpc) is 2.66. The van der Waals surface area contributed by atoms with Gasteiger partial charge in [-0.1, -0.05) is 26.0 Å². The van der Waals surface area contributed by atoms with Gasteiger partial charge in [0.1, 0.15) is 0 Å². The number of imidazole rings is 1. The Labute approximate surface area is 101 Å². The topological polar surface area (TPSA) is 50.1 Å². The predicted molar refractivity (Wildman–Crippen MR) is 70.1 cm³/mol. The molecule has 0 aliphatic carbocycles. The molecule has 4 nitrogen and oxygen atoms in total. The lowest BCUT2D eigenvalue weighted by atomic mass is 10.2. The largest absolute Gasteiger partial charge is 0.395 e. The van der Waals surface area contributed by atoms with Crippen molar-refractivity contribution in [3.63, 3.8) is 0 Å². The molecule has 0 saturated carbocycles. The van der Waals surface area contributed by atoms with Crippen LogP contribution in [0.25, 0.3) is 11.0 Å². The lowest BCUT2D eigenvalue weighted by Crippen LogP contribution is -2.13. The van der Waals surface area contributed by atoms with Gasteiger partial charge in [-0.3, -0.25) is 0 Å². The number of benzene rings is 1. The summed E-state index contributed by atoms with van der Waals surface area (Å²) in [6, 6.07) is 7.98. The van der Waals surface area contributed by atoms with Crippen molar-refractivity contribution in [3.05, 3.63) is 24.3 Å². The van der Waals surface area contributed by atoms with Crippen LogP contribution in [0.2, 0.25) is 0 Å². The first kappa shape index (κ1) is 11.9. The average molecular weight is 233 g/mol. The minimum absolute atomic E-state index is 0.122. The number of fused-ring (bicyclic) bond motifs is 1. The van der Waals surface area contributed by atoms with Crippen LogP contribution in [0, 0.1) is 5.92 Å². The van der Waals surface area contributed by atoms with E-state index in [4.69, 9.17) is 5.11 Å². The smallest absolute Gasteiger partial charge is 0.203 e. The Morgan fingerprint density at radius 2 is 2.12 bits per heavy atom. The SMILES string of the molecule is CC(C)CNc1nc2ccccc2n1CCO. The van der Waals surface area contributed by atoms with Crippen LogP contribution < -0.4 is 5.32 Å². The number of hydrogen-bond acceptors (Lipinski definition) is 3. The van der Waals surface area contributed by atoms with E-state index in [1.165, 1.54) is 0 Å². The maximum atomic E-state index is 9.12. The zero-order chi connectivity index (χ0) is 12.3. The molecule has 0 radical (unpaired) electrons. The second kappa shape index (κ2) is 5.19. The standard InChI is InChI=1S/C13H19N3O/c1-10(2)9-14-13-15-11-5-3-4-6-12(11)16(13)7-8-17/h3-6,10,17H,7-9H2,1-2H3,(H,14,15). The van der Waals surface area contributed by atoms with Crippen LogP contribution in [0.3, 0.4) is 0 Å². The monoisotopic (exact) mass is 233 g/mol. The Bertz CT molecular complexity index is 490. The van der Waals surface area contributed by atoms with E-state index in [1.54, 1.807) is 0 Å². The Hall–Kier alpha value is -1.55. The molecule has 0 unspecified atom stereocenters. The van der Waals surface area contributed by atoms with Crippen LogP contribution in [0.5, 0.6) is 0 Å². The molecule has 2 aromatic rings. The molecule has 0 atom stereocenters. The molecular formula is C13H19N3O. The maximum absolute atomic E-state index is 9.12. The van der Waals surface area contributed by atoms with Gasteiger partial charge >= 0.3 is 0 Å². The van der Waals surface area contributed by atoms with Crippen LogP contribution in [0.1, 0.15) is 13.8 Å². The molecule has 0 bridgehead atoms. The van der Waals surface area contributed by atoms with Gasteiger partial charge in [0.2, 0.25) is 5.95 Å². The van der Waals surface area contributed by atoms with Crippen molar-refractivity contribution < 1.29 is 5.11 Å². The number of nitrogens with one attached hydrogen (secondary N) is 1. The molecule has 0 aliphatic heterocycles. The fourth-order valence-corrected chi connectivity index (χ4v) is 1.83. The van der Waals surface area contributed by atoms with Crippen molar-refractivity contribution in [1.82, 2.24) is 9.55 Å². The molecule has 0 aliphatic rings. The molecule has 2 rings (SSSR count). The van der Waals surface area contributed by atoms with Crippen LogP contribution >= 0.6 is 0 Å². The Balaban J connectivity index is 2.35. The summed E-state index contributed by atoms with van der Waals surface area (Å²) in [5.74, 6) is 1.41. The van der Waals surface area contributed by atoms with Crippen LogP contribution in [0.15, 0.2) is 24.3 Å². The summed E-state index contributed by atoms with van der Waals surface area (Å²) in [5.41, 5.74) is 2.03. The molecule has 1 heterocycles. The van der Waals surface area contributed by atoms with Crippen molar-refractivity contribution in [2.24, 2.45) is 5.92 Å². The third kappa shape index (κ3) is 2.58. The highest BCUT2D eigenvalue weighted by Gasteiger charge is 2.09. The second-order valence-electron chi connectivity index (χ2n) is 4.57. The highest BCUT2D eigenvalue weighted by atomic mass is 16.3. The maximum Gasteiger partial charge on any atom is 0.203 e. The van der Waals surface area contributed by atoms with Crippen LogP contribution in [-0.2, 0) is 6.54 Å². The summed E-state index contributed by atoms with van der Waals surface area (Å²) in [5, 5.41) is 12.5. The zero-order valence-corrected chi connectivity index (χ0v) is 10.3. The van der Waals surface area contributed by atoms with Gasteiger partial charge in [-0.05, 0) is 18.1 Å². The van der Waals surface area contributed by atoms with E-state index < -0.39 is 0 Å². The van der Waals surface area contributed by atoms with Crippen molar-refractivity contribution in [2.75, 3.05) is 18.5 Å². The normalized spacial score (nSPS) is 11.3. The third-order valence-electron chi connectivity index (χ3n) is 2.65. The fourth-order valence-electron chi connectivity index (χ4n) is 1.83. The molecule has 4 heteroatoms. The van der Waals surface area contributed by atoms with Gasteiger partial charge < -0.3 is 15.0 Å². The molecule has 92 valence electrons. The number of para-hydroxylation sites is 2. The summed E-state index contributed by atoms with van der Waals surface area (Å²) < 4.78 is 2.03. The molecule has 1 aromatic heterocycles. The Kier molecular flexibility index (Phi) is 3.64. The predicted octanol–water partition coefficient (Wildman–Crippen LogP) is 2.10. The molecule has 2 N–H and O–H groups in total. The summed E-state index contributed by atoms with van der Waals surface area (Å²) >= 11 is 0. The molecule has 0 saturated heterocycles. The highest BCUT2D eigenvalue weighted by molar-refractivity contribution is 5.78. The zero-order valence-electron chi connectivity index (χ0n) is 10.3. The number of anilines is 1. The quantitative estimate of drug-likeness (QED) is 0.831. The van der Waals surface area contributed by atoms with E-state index >= 15 is 0 Å². The Morgan fingerprint density at radius 1 is 1.35 bits per heavy atom. The van der Waals surface area contributed by atoms with E-state index in [2.05, 4.69) is 24.1 Å². The summed E-state index contributed by atoms with van der Waals surface area (Å²) in [6.07, 6.45) is 0. The minimum Gasteiger partial charge on any atom is -0.395 e. The number of aliphatic hydroxyl groups is 1. The third-order valence-corrected chi connectivity index (χ3v) is 2.65. The first-order valence-corrected chi connectivity index (χ1v) is 6.02. The lowest BCUT2D eigenvalue weighted by molar-refractivity contribution is 0.278. The van der Waals surface area contributed by atoms with E-state index in [1.807, 2.05) is 28.8 Å². The van der Waals surface area contributed by atoms with Gasteiger partial charge in [-0.15, -0.1) is 0 Å². The first-order chi connectivity index (χ1) is 8.22. The number of hydrogen-bond donors (Lipinski definition) is 2. The Morgan fingerprint density at radius 3 is 2.82 bits per heavy atom. The summed E-state index contributed by atoms with van der Waals surface area (Å²) in [6.45, 7) is 5.89. The van der Waals surface area contributed by atoms with Crippen molar-refractivity contribution in [2.45, 2.75) is 20.4 Å². The summed E-state index contributed by atoms with van der Waals surface area (Å²) in [4.78, 5) is 4.54. The number of nitrogens with zero attached hydrogens (tertiary/aromatic N) is 2. The van der Waals surface area contributed by atoms with Gasteiger partial charge in [0.05, 0.1) is 17.6 Å². The van der Waals surface area contributed by atoms with Gasteiger partial charge in [0, 0.05) is 13.1 Å². The van der Waals surface area contributed by atoms with E-state index in [9.17, 15) is 0 Å². The van der Waals surface area contributed by atoms with Crippen LogP contribution in [-0.4, -0.2) is 27.8 Å². The van der Waals surface area contributed by atoms with Gasteiger partial charge in [0.15, 0.2) is 0 Å². The van der Waals surface area contributed by atoms with Gasteiger partial charge in [0.25, 0.3) is 0 Å². The highest BCUT2D eigenvalue weighted by Crippen LogP contribution is 2.19. The van der Waals surface area contributed by atoms with Crippen molar-refractivity contribution in [3.8, 4) is 0 Å². The number of rotatable bonds is 5. The van der Waals surface area contributed by atoms with E-state index in [-0.39, 0.29) is 6.61 Å². The summed E-state index contributed by atoms with van der Waals surface area (Å²) in [7, 11) is 0. The second-order valence-corrected chi connectivity index (χ2v) is 4.57. The van der Waals surface area contributed by atoms with Crippen LogP contribution in [0.4, 0.5) is 5.95 Å². The van der Waals surface area contributed by atoms with E-state index in [0.717, 1.165) is 23.5 Å². The first-order valence-electron chi connectivity index (χ1n) is 6.02. The number of aliphatic hydroxyl groups excluding tert-OH is 1. The molecule has 0 amide bonds. The van der Waals surface area contributed by atoms with E-state index in [0.29, 0.717) is 12.5 Å². The molecule has 17 heavy (non-hydrogen) atoms. The molecule has 1 aromatic carbocycles. The van der Waals surface area contributed by atoms with Crippen molar-refractivity contribution in [1.29, 1.82) is 0 Å². The minimum atomic E-state index is 0.122.